The van der Waals surface area contributed by atoms with E-state index < -0.39 is 0 Å². The van der Waals surface area contributed by atoms with Crippen molar-refractivity contribution in [3.05, 3.63) is 40.1 Å². The molecular weight excluding hydrogens is 312 g/mol. The average molecular weight is 330 g/mol. The number of thiophene rings is 1. The fraction of sp³-hybridized carbons (Fsp3) is 0.353. The highest BCUT2D eigenvalue weighted by Gasteiger charge is 2.26. The van der Waals surface area contributed by atoms with Gasteiger partial charge in [0.25, 0.3) is 0 Å². The molecule has 1 N–H and O–H groups in total. The van der Waals surface area contributed by atoms with Gasteiger partial charge >= 0.3 is 0 Å². The van der Waals surface area contributed by atoms with E-state index in [1.807, 2.05) is 23.5 Å². The molecule has 0 fully saturated rings. The molecule has 2 aliphatic rings. The first kappa shape index (κ1) is 14.5. The number of rotatable bonds is 3. The zero-order valence-electron chi connectivity index (χ0n) is 12.9. The van der Waals surface area contributed by atoms with Gasteiger partial charge in [-0.15, -0.1) is 11.3 Å². The first-order valence-corrected chi connectivity index (χ1v) is 8.58. The van der Waals surface area contributed by atoms with E-state index in [9.17, 15) is 4.79 Å². The van der Waals surface area contributed by atoms with E-state index in [1.165, 1.54) is 10.4 Å². The number of amides is 1. The van der Waals surface area contributed by atoms with Crippen LogP contribution in [0.1, 0.15) is 23.4 Å². The Hall–Kier alpha value is -2.05. The van der Waals surface area contributed by atoms with E-state index in [4.69, 9.17) is 9.47 Å². The van der Waals surface area contributed by atoms with Crippen LogP contribution in [0.4, 0.5) is 5.69 Å². The van der Waals surface area contributed by atoms with Crippen LogP contribution in [0, 0.1) is 0 Å². The van der Waals surface area contributed by atoms with Crippen molar-refractivity contribution in [2.75, 3.05) is 25.2 Å². The molecule has 1 aromatic heterocycles. The molecule has 0 bridgehead atoms. The molecule has 0 radical (unpaired) electrons. The SMILES string of the molecule is C[C@@H]1c2ccsc2CCN1CC(=O)Nc1ccc2c(c1)OCO2. The smallest absolute Gasteiger partial charge is 0.238 e. The summed E-state index contributed by atoms with van der Waals surface area (Å²) in [5.74, 6) is 1.39. The molecule has 0 spiro atoms. The largest absolute Gasteiger partial charge is 0.454 e. The van der Waals surface area contributed by atoms with E-state index in [0.29, 0.717) is 12.3 Å². The van der Waals surface area contributed by atoms with E-state index >= 15 is 0 Å². The molecule has 0 saturated carbocycles. The molecule has 2 aromatic rings. The molecule has 6 heteroatoms. The van der Waals surface area contributed by atoms with Crippen molar-refractivity contribution in [3.63, 3.8) is 0 Å². The van der Waals surface area contributed by atoms with Crippen LogP contribution in [0.25, 0.3) is 0 Å². The van der Waals surface area contributed by atoms with Gasteiger partial charge in [0, 0.05) is 29.2 Å². The summed E-state index contributed by atoms with van der Waals surface area (Å²) >= 11 is 1.81. The van der Waals surface area contributed by atoms with Gasteiger partial charge in [-0.1, -0.05) is 0 Å². The van der Waals surface area contributed by atoms with Crippen LogP contribution in [0.3, 0.4) is 0 Å². The molecule has 1 aromatic carbocycles. The minimum atomic E-state index is -0.00519. The first-order valence-electron chi connectivity index (χ1n) is 7.70. The monoisotopic (exact) mass is 330 g/mol. The first-order chi connectivity index (χ1) is 11.2. The number of ether oxygens (including phenoxy) is 2. The number of carbonyl (C=O) groups is 1. The minimum absolute atomic E-state index is 0.00519. The van der Waals surface area contributed by atoms with Crippen LogP contribution in [0.15, 0.2) is 29.6 Å². The Morgan fingerprint density at radius 1 is 1.35 bits per heavy atom. The Labute approximate surface area is 138 Å². The summed E-state index contributed by atoms with van der Waals surface area (Å²) in [5, 5.41) is 5.08. The van der Waals surface area contributed by atoms with Gasteiger partial charge in [0.05, 0.1) is 6.54 Å². The lowest BCUT2D eigenvalue weighted by Crippen LogP contribution is -2.39. The maximum Gasteiger partial charge on any atom is 0.238 e. The number of benzene rings is 1. The zero-order chi connectivity index (χ0) is 15.8. The van der Waals surface area contributed by atoms with Gasteiger partial charge in [-0.05, 0) is 42.5 Å². The predicted molar refractivity (Wildman–Crippen MR) is 89.2 cm³/mol. The van der Waals surface area contributed by atoms with Crippen LogP contribution < -0.4 is 14.8 Å². The molecule has 5 nitrogen and oxygen atoms in total. The summed E-state index contributed by atoms with van der Waals surface area (Å²) in [5.41, 5.74) is 2.09. The topological polar surface area (TPSA) is 50.8 Å². The highest BCUT2D eigenvalue weighted by atomic mass is 32.1. The van der Waals surface area contributed by atoms with Crippen molar-refractivity contribution >= 4 is 22.9 Å². The molecule has 0 unspecified atom stereocenters. The van der Waals surface area contributed by atoms with E-state index in [-0.39, 0.29) is 18.7 Å². The van der Waals surface area contributed by atoms with Gasteiger partial charge < -0.3 is 14.8 Å². The predicted octanol–water partition coefficient (Wildman–Crippen LogP) is 3.03. The molecule has 23 heavy (non-hydrogen) atoms. The third-order valence-corrected chi connectivity index (χ3v) is 5.40. The van der Waals surface area contributed by atoms with E-state index in [1.54, 1.807) is 6.07 Å². The number of nitrogens with zero attached hydrogens (tertiary/aromatic N) is 1. The van der Waals surface area contributed by atoms with Crippen molar-refractivity contribution in [1.29, 1.82) is 0 Å². The van der Waals surface area contributed by atoms with Crippen LogP contribution in [0.5, 0.6) is 11.5 Å². The van der Waals surface area contributed by atoms with Crippen LogP contribution in [0.2, 0.25) is 0 Å². The minimum Gasteiger partial charge on any atom is -0.454 e. The van der Waals surface area contributed by atoms with E-state index in [0.717, 1.165) is 24.4 Å². The number of hydrogen-bond donors (Lipinski definition) is 1. The molecule has 0 aliphatic carbocycles. The van der Waals surface area contributed by atoms with Crippen LogP contribution >= 0.6 is 11.3 Å². The average Bonchev–Trinajstić information content (AvgIpc) is 3.18. The van der Waals surface area contributed by atoms with Gasteiger partial charge in [-0.25, -0.2) is 0 Å². The highest BCUT2D eigenvalue weighted by Crippen LogP contribution is 2.35. The van der Waals surface area contributed by atoms with Crippen LogP contribution in [-0.4, -0.2) is 30.7 Å². The van der Waals surface area contributed by atoms with Crippen molar-refractivity contribution in [3.8, 4) is 11.5 Å². The highest BCUT2D eigenvalue weighted by molar-refractivity contribution is 7.10. The number of hydrogen-bond acceptors (Lipinski definition) is 5. The van der Waals surface area contributed by atoms with Gasteiger partial charge in [-0.3, -0.25) is 9.69 Å². The number of carbonyl (C=O) groups excluding carboxylic acids is 1. The second kappa shape index (κ2) is 5.86. The van der Waals surface area contributed by atoms with Gasteiger partial charge in [0.1, 0.15) is 0 Å². The van der Waals surface area contributed by atoms with Crippen molar-refractivity contribution in [2.45, 2.75) is 19.4 Å². The summed E-state index contributed by atoms with van der Waals surface area (Å²) in [7, 11) is 0. The molecular formula is C17H18N2O3S. The number of anilines is 1. The Morgan fingerprint density at radius 2 is 2.22 bits per heavy atom. The lowest BCUT2D eigenvalue weighted by atomic mass is 10.0. The van der Waals surface area contributed by atoms with Gasteiger partial charge in [0.2, 0.25) is 12.7 Å². The lowest BCUT2D eigenvalue weighted by molar-refractivity contribution is -0.117. The molecule has 0 saturated heterocycles. The van der Waals surface area contributed by atoms with Gasteiger partial charge in [-0.2, -0.15) is 0 Å². The van der Waals surface area contributed by atoms with E-state index in [2.05, 4.69) is 28.6 Å². The molecule has 2 aliphatic heterocycles. The third kappa shape index (κ3) is 2.80. The summed E-state index contributed by atoms with van der Waals surface area (Å²) in [6.07, 6.45) is 1.02. The summed E-state index contributed by atoms with van der Waals surface area (Å²) in [4.78, 5) is 16.0. The Kier molecular flexibility index (Phi) is 3.71. The zero-order valence-corrected chi connectivity index (χ0v) is 13.7. The van der Waals surface area contributed by atoms with Crippen molar-refractivity contribution in [2.24, 2.45) is 0 Å². The molecule has 1 atom stereocenters. The van der Waals surface area contributed by atoms with Crippen molar-refractivity contribution < 1.29 is 14.3 Å². The van der Waals surface area contributed by atoms with Crippen molar-refractivity contribution in [1.82, 2.24) is 4.90 Å². The molecule has 3 heterocycles. The second-order valence-electron chi connectivity index (χ2n) is 5.81. The maximum atomic E-state index is 12.4. The van der Waals surface area contributed by atoms with Crippen LogP contribution in [-0.2, 0) is 11.2 Å². The molecule has 4 rings (SSSR count). The summed E-state index contributed by atoms with van der Waals surface area (Å²) in [6, 6.07) is 7.91. The quantitative estimate of drug-likeness (QED) is 0.940. The maximum absolute atomic E-state index is 12.4. The fourth-order valence-electron chi connectivity index (χ4n) is 3.14. The lowest BCUT2D eigenvalue weighted by Gasteiger charge is -2.32. The summed E-state index contributed by atoms with van der Waals surface area (Å²) in [6.45, 7) is 3.72. The normalized spacial score (nSPS) is 19.4. The third-order valence-electron chi connectivity index (χ3n) is 4.41. The number of nitrogens with one attached hydrogen (secondary N) is 1. The fourth-order valence-corrected chi connectivity index (χ4v) is 4.10. The standard InChI is InChI=1S/C17H18N2O3S/c1-11-13-5-7-23-16(13)4-6-19(11)9-17(20)18-12-2-3-14-15(8-12)22-10-21-14/h2-3,5,7-8,11H,4,6,9-10H2,1H3,(H,18,20)/t11-/m1/s1. The second-order valence-corrected chi connectivity index (χ2v) is 6.81. The molecule has 1 amide bonds. The van der Waals surface area contributed by atoms with Gasteiger partial charge in [0.15, 0.2) is 11.5 Å². The Morgan fingerprint density at radius 3 is 3.13 bits per heavy atom. The summed E-state index contributed by atoms with van der Waals surface area (Å²) < 4.78 is 10.6. The molecule has 120 valence electrons. The Bertz CT molecular complexity index is 743. The number of fused-ring (bicyclic) bond motifs is 2. The Balaban J connectivity index is 1.41.